The minimum atomic E-state index is -1.07. The van der Waals surface area contributed by atoms with E-state index in [1.165, 1.54) is 77.5 Å². The summed E-state index contributed by atoms with van der Waals surface area (Å²) in [6.07, 6.45) is 6.83. The number of rotatable bonds is 2. The van der Waals surface area contributed by atoms with Gasteiger partial charge in [-0.2, -0.15) is 29.8 Å². The van der Waals surface area contributed by atoms with Crippen LogP contribution in [-0.4, -0.2) is 11.3 Å². The summed E-state index contributed by atoms with van der Waals surface area (Å²) in [5, 5.41) is 1.60. The number of hydrogen-bond acceptors (Lipinski definition) is 0. The van der Waals surface area contributed by atoms with Crippen LogP contribution in [0.2, 0.25) is 19.6 Å². The van der Waals surface area contributed by atoms with E-state index in [9.17, 15) is 0 Å². The van der Waals surface area contributed by atoms with Crippen LogP contribution in [0.5, 0.6) is 0 Å². The van der Waals surface area contributed by atoms with Gasteiger partial charge in [-0.15, -0.1) is 11.1 Å². The Morgan fingerprint density at radius 2 is 1.39 bits per heavy atom. The molecule has 4 heteroatoms. The molecule has 0 bridgehead atoms. The van der Waals surface area contributed by atoms with Crippen molar-refractivity contribution in [3.05, 3.63) is 117 Å². The molecule has 1 unspecified atom stereocenters. The second-order valence-electron chi connectivity index (χ2n) is 15.2. The van der Waals surface area contributed by atoms with Gasteiger partial charge in [-0.3, -0.25) is 6.08 Å². The van der Waals surface area contributed by atoms with E-state index in [-0.39, 0.29) is 35.6 Å². The van der Waals surface area contributed by atoms with Crippen molar-refractivity contribution in [3.63, 3.8) is 0 Å². The predicted molar refractivity (Wildman–Crippen MR) is 185 cm³/mol. The second kappa shape index (κ2) is 16.0. The zero-order valence-corrected chi connectivity index (χ0v) is 34.3. The molecule has 0 fully saturated rings. The number of hydrogen-bond donors (Lipinski definition) is 0. The van der Waals surface area contributed by atoms with Crippen molar-refractivity contribution in [2.45, 2.75) is 106 Å². The molecular weight excluding hydrogens is 671 g/mol. The van der Waals surface area contributed by atoms with Crippen LogP contribution in [0.25, 0.3) is 11.1 Å². The van der Waals surface area contributed by atoms with Crippen molar-refractivity contribution in [2.75, 3.05) is 0 Å². The Morgan fingerprint density at radius 3 is 1.82 bits per heavy atom. The Morgan fingerprint density at radius 1 is 0.818 bits per heavy atom. The van der Waals surface area contributed by atoms with E-state index in [2.05, 4.69) is 162 Å². The van der Waals surface area contributed by atoms with Crippen LogP contribution in [0.4, 0.5) is 0 Å². The summed E-state index contributed by atoms with van der Waals surface area (Å²) in [5.74, 6) is 0.553. The van der Waals surface area contributed by atoms with Gasteiger partial charge in [-0.25, -0.2) is 10.8 Å². The summed E-state index contributed by atoms with van der Waals surface area (Å²) in [4.78, 5) is 0. The van der Waals surface area contributed by atoms with Crippen molar-refractivity contribution >= 4 is 11.3 Å². The van der Waals surface area contributed by atoms with Gasteiger partial charge in [0.05, 0.1) is 0 Å². The summed E-state index contributed by atoms with van der Waals surface area (Å²) in [5.41, 5.74) is 12.8. The first-order valence-corrected chi connectivity index (χ1v) is 20.1. The van der Waals surface area contributed by atoms with Crippen molar-refractivity contribution in [1.29, 1.82) is 0 Å². The van der Waals surface area contributed by atoms with Crippen LogP contribution in [0.15, 0.2) is 71.4 Å². The van der Waals surface area contributed by atoms with Gasteiger partial charge in [0.1, 0.15) is 0 Å². The SMILES string of the molecule is CC(C)(C)c1[c-]c2c(cc1)-c1ccc(C(C)(C)C)cc1C2.CC1=[C-]C(C)C=C1[Si](C)(C)C.C[C](=[Zr+2])c1ccc(C)cc1.[Cl-].[Cl-]. The second-order valence-corrected chi connectivity index (χ2v) is 22.1. The van der Waals surface area contributed by atoms with Crippen molar-refractivity contribution in [2.24, 2.45) is 5.92 Å². The summed E-state index contributed by atoms with van der Waals surface area (Å²) in [6.45, 7) is 29.4. The van der Waals surface area contributed by atoms with E-state index in [1.807, 2.05) is 0 Å². The van der Waals surface area contributed by atoms with E-state index < -0.39 is 8.07 Å². The topological polar surface area (TPSA) is 0 Å². The molecule has 3 aromatic rings. The average Bonchev–Trinajstić information content (AvgIpc) is 3.41. The summed E-state index contributed by atoms with van der Waals surface area (Å²) < 4.78 is 1.46. The normalized spacial score (nSPS) is 15.1. The van der Waals surface area contributed by atoms with Crippen LogP contribution >= 0.6 is 0 Å². The first-order chi connectivity index (χ1) is 19.3. The van der Waals surface area contributed by atoms with Gasteiger partial charge in [0.2, 0.25) is 0 Å². The maximum absolute atomic E-state index is 3.67. The average molecular weight is 723 g/mol. The monoisotopic (exact) mass is 720 g/mol. The van der Waals surface area contributed by atoms with Gasteiger partial charge in [0.15, 0.2) is 0 Å². The third-order valence-electron chi connectivity index (χ3n) is 8.02. The quantitative estimate of drug-likeness (QED) is 0.204. The largest absolute Gasteiger partial charge is 1.00 e. The Balaban J connectivity index is 0.000000358. The molecule has 0 spiro atoms. The van der Waals surface area contributed by atoms with Gasteiger partial charge < -0.3 is 24.8 Å². The molecule has 3 aromatic carbocycles. The molecule has 0 radical (unpaired) electrons. The molecule has 2 aliphatic rings. The zero-order chi connectivity index (χ0) is 31.6. The molecule has 44 heavy (non-hydrogen) atoms. The minimum absolute atomic E-state index is 0. The van der Waals surface area contributed by atoms with E-state index in [0.717, 1.165) is 6.42 Å². The Bertz CT molecular complexity index is 1430. The molecule has 0 heterocycles. The Labute approximate surface area is 298 Å². The summed E-state index contributed by atoms with van der Waals surface area (Å²) >= 11 is 1.51. The maximum Gasteiger partial charge on any atom is -1.00 e. The number of aryl methyl sites for hydroxylation is 1. The number of benzene rings is 3. The number of halogens is 2. The van der Waals surface area contributed by atoms with Crippen molar-refractivity contribution in [1.82, 2.24) is 0 Å². The predicted octanol–water partition coefficient (Wildman–Crippen LogP) is 4.93. The van der Waals surface area contributed by atoms with Crippen LogP contribution in [0, 0.1) is 25.0 Å². The molecule has 5 rings (SSSR count). The summed E-state index contributed by atoms with van der Waals surface area (Å²) in [6, 6.07) is 23.8. The molecule has 0 aromatic heterocycles. The van der Waals surface area contributed by atoms with Crippen LogP contribution in [0.1, 0.15) is 95.7 Å². The van der Waals surface area contributed by atoms with Crippen molar-refractivity contribution < 1.29 is 49.0 Å². The molecule has 1 atom stereocenters. The fraction of sp³-hybridized carbons (Fsp3) is 0.425. The minimum Gasteiger partial charge on any atom is -1.00 e. The Kier molecular flexibility index (Phi) is 14.8. The third kappa shape index (κ3) is 10.9. The fourth-order valence-electron chi connectivity index (χ4n) is 5.48. The first-order valence-electron chi connectivity index (χ1n) is 15.4. The molecular formula is C40H52Cl2SiZr-2. The number of allylic oxidation sites excluding steroid dienone is 4. The molecule has 0 amide bonds. The van der Waals surface area contributed by atoms with E-state index in [1.54, 1.807) is 5.20 Å². The molecule has 0 saturated heterocycles. The van der Waals surface area contributed by atoms with Crippen LogP contribution in [-0.2, 0) is 41.5 Å². The molecule has 236 valence electrons. The van der Waals surface area contributed by atoms with Gasteiger partial charge in [0, 0.05) is 0 Å². The van der Waals surface area contributed by atoms with Gasteiger partial charge in [-0.05, 0) is 36.5 Å². The van der Waals surface area contributed by atoms with Gasteiger partial charge in [0.25, 0.3) is 0 Å². The van der Waals surface area contributed by atoms with Crippen LogP contribution in [0.3, 0.4) is 0 Å². The Hall–Kier alpha value is -1.31. The molecule has 0 aliphatic heterocycles. The van der Waals surface area contributed by atoms with Gasteiger partial charge >= 0.3 is 76.7 Å². The van der Waals surface area contributed by atoms with E-state index in [4.69, 9.17) is 0 Å². The molecule has 0 N–H and O–H groups in total. The third-order valence-corrected chi connectivity index (χ3v) is 10.9. The van der Waals surface area contributed by atoms with Crippen molar-refractivity contribution in [3.8, 4) is 11.1 Å². The first kappa shape index (κ1) is 40.7. The molecule has 0 saturated carbocycles. The van der Waals surface area contributed by atoms with Crippen LogP contribution < -0.4 is 24.8 Å². The van der Waals surface area contributed by atoms with E-state index >= 15 is 0 Å². The zero-order valence-electron chi connectivity index (χ0n) is 29.3. The maximum atomic E-state index is 3.67. The van der Waals surface area contributed by atoms with Gasteiger partial charge in [-0.1, -0.05) is 105 Å². The molecule has 0 nitrogen and oxygen atoms in total. The molecule has 2 aliphatic carbocycles. The smallest absolute Gasteiger partial charge is 1.00 e. The summed E-state index contributed by atoms with van der Waals surface area (Å²) in [7, 11) is -1.07. The van der Waals surface area contributed by atoms with E-state index in [0.29, 0.717) is 5.92 Å². The number of fused-ring (bicyclic) bond motifs is 3. The fourth-order valence-corrected chi connectivity index (χ4v) is 7.84. The standard InChI is InChI=1S/C21H25.C10H17Si.C9H10.2ClH.Zr/c1-20(2,3)16-7-9-18-14(12-16)11-15-13-17(21(4,5)6)8-10-19(15)18;1-8-6-9(2)10(7-8)11(3,4)5;1-3-9-6-4-8(2)5-7-9;;;/h7-10,12H,11H2,1-6H3;7-8H,1-5H3;4-7H,1-2H3;2*1H;/q2*-1;;;;+2/p-2.